The third-order valence-electron chi connectivity index (χ3n) is 7.11. The van der Waals surface area contributed by atoms with Crippen LogP contribution in [0.2, 0.25) is 0 Å². The quantitative estimate of drug-likeness (QED) is 0.565. The molecule has 1 amide bonds. The van der Waals surface area contributed by atoms with Gasteiger partial charge in [-0.3, -0.25) is 9.48 Å². The normalized spacial score (nSPS) is 16.8. The molecule has 2 aliphatic heterocycles. The second kappa shape index (κ2) is 7.98. The van der Waals surface area contributed by atoms with Gasteiger partial charge in [0.2, 0.25) is 0 Å². The number of carbonyl (C=O) groups is 1. The predicted octanol–water partition coefficient (Wildman–Crippen LogP) is 4.10. The van der Waals surface area contributed by atoms with Crippen molar-refractivity contribution in [1.29, 1.82) is 0 Å². The molecule has 0 N–H and O–H groups in total. The van der Waals surface area contributed by atoms with Gasteiger partial charge >= 0.3 is 0 Å². The van der Waals surface area contributed by atoms with E-state index in [1.54, 1.807) is 39.0 Å². The monoisotopic (exact) mass is 479 g/mol. The van der Waals surface area contributed by atoms with Gasteiger partial charge in [-0.05, 0) is 56.7 Å². The minimum Gasteiger partial charge on any atom is -0.482 e. The Morgan fingerprint density at radius 2 is 1.82 bits per heavy atom. The topological polar surface area (TPSA) is 81.5 Å². The molecule has 34 heavy (non-hydrogen) atoms. The van der Waals surface area contributed by atoms with Crippen molar-refractivity contribution in [2.75, 3.05) is 13.1 Å². The van der Waals surface area contributed by atoms with Crippen molar-refractivity contribution in [3.05, 3.63) is 65.4 Å². The van der Waals surface area contributed by atoms with E-state index in [4.69, 9.17) is 4.74 Å². The molecule has 0 unspecified atom stereocenters. The van der Waals surface area contributed by atoms with E-state index in [1.165, 1.54) is 0 Å². The van der Waals surface area contributed by atoms with E-state index < -0.39 is 20.7 Å². The number of fused-ring (bicyclic) bond motifs is 4. The van der Waals surface area contributed by atoms with Crippen LogP contribution in [0.15, 0.2) is 53.6 Å². The van der Waals surface area contributed by atoms with E-state index in [2.05, 4.69) is 5.10 Å². The maximum atomic E-state index is 13.4. The number of likely N-dealkylation sites (tertiary alicyclic amines) is 1. The van der Waals surface area contributed by atoms with Gasteiger partial charge in [-0.1, -0.05) is 12.1 Å². The molecule has 1 fully saturated rings. The van der Waals surface area contributed by atoms with Crippen LogP contribution in [0, 0.1) is 6.92 Å². The van der Waals surface area contributed by atoms with Crippen LogP contribution in [0.1, 0.15) is 48.2 Å². The Labute approximate surface area is 200 Å². The molecule has 0 atom stereocenters. The first-order valence-electron chi connectivity index (χ1n) is 11.6. The molecule has 0 bridgehead atoms. The molecule has 3 aromatic rings. The Balaban J connectivity index is 1.39. The van der Waals surface area contributed by atoms with E-state index in [9.17, 15) is 13.2 Å². The summed E-state index contributed by atoms with van der Waals surface area (Å²) in [6.07, 6.45) is 3.20. The molecule has 1 saturated heterocycles. The van der Waals surface area contributed by atoms with E-state index in [-0.39, 0.29) is 10.8 Å². The summed E-state index contributed by atoms with van der Waals surface area (Å²) < 4.78 is 33.5. The van der Waals surface area contributed by atoms with E-state index >= 15 is 0 Å². The number of piperidine rings is 1. The van der Waals surface area contributed by atoms with Crippen LogP contribution in [-0.4, -0.2) is 47.3 Å². The van der Waals surface area contributed by atoms with Gasteiger partial charge in [-0.15, -0.1) is 0 Å². The number of ether oxygens (including phenoxy) is 1. The number of sulfone groups is 1. The average Bonchev–Trinajstić information content (AvgIpc) is 3.22. The Hall–Kier alpha value is -3.13. The number of nitrogens with zero attached hydrogens (tertiary/aromatic N) is 3. The van der Waals surface area contributed by atoms with Gasteiger partial charge in [0.1, 0.15) is 11.4 Å². The van der Waals surface area contributed by atoms with Crippen molar-refractivity contribution in [3.8, 4) is 17.0 Å². The lowest BCUT2D eigenvalue weighted by Gasteiger charge is -2.44. The largest absolute Gasteiger partial charge is 0.482 e. The van der Waals surface area contributed by atoms with Gasteiger partial charge in [-0.25, -0.2) is 8.42 Å². The molecule has 3 heterocycles. The molecule has 7 nitrogen and oxygen atoms in total. The Morgan fingerprint density at radius 1 is 1.12 bits per heavy atom. The number of carbonyl (C=O) groups excluding carboxylic acids is 1. The third-order valence-corrected chi connectivity index (χ3v) is 9.27. The van der Waals surface area contributed by atoms with Crippen LogP contribution < -0.4 is 4.74 Å². The second-order valence-corrected chi connectivity index (χ2v) is 12.0. The summed E-state index contributed by atoms with van der Waals surface area (Å²) in [5, 5.41) is 4.00. The van der Waals surface area contributed by atoms with E-state index in [0.29, 0.717) is 37.1 Å². The summed E-state index contributed by atoms with van der Waals surface area (Å²) in [6.45, 7) is 6.20. The number of benzene rings is 2. The molecule has 1 spiro atoms. The van der Waals surface area contributed by atoms with Crippen molar-refractivity contribution in [3.63, 3.8) is 0 Å². The Kier molecular flexibility index (Phi) is 5.31. The van der Waals surface area contributed by atoms with Crippen LogP contribution in [0.25, 0.3) is 11.3 Å². The highest BCUT2D eigenvalue weighted by molar-refractivity contribution is 7.92. The van der Waals surface area contributed by atoms with Crippen LogP contribution in [0.3, 0.4) is 0 Å². The van der Waals surface area contributed by atoms with Crippen LogP contribution >= 0.6 is 0 Å². The third kappa shape index (κ3) is 3.43. The lowest BCUT2D eigenvalue weighted by Crippen LogP contribution is -2.49. The fourth-order valence-corrected chi connectivity index (χ4v) is 6.19. The van der Waals surface area contributed by atoms with Crippen molar-refractivity contribution in [1.82, 2.24) is 14.7 Å². The zero-order valence-corrected chi connectivity index (χ0v) is 20.7. The van der Waals surface area contributed by atoms with Gasteiger partial charge < -0.3 is 9.64 Å². The molecular weight excluding hydrogens is 450 g/mol. The maximum Gasteiger partial charge on any atom is 0.254 e. The summed E-state index contributed by atoms with van der Waals surface area (Å²) in [6, 6.07) is 12.8. The standard InChI is InChI=1S/C26H29N3O4S/c1-17(2)34(31,32)19-9-10-20(18(3)15-19)25(30)29-13-11-26(12-14-29)22-16-27-28(4)24(22)21-7-5-6-8-23(21)33-26/h5-10,15-17H,11-14H2,1-4H3. The SMILES string of the molecule is Cc1cc(S(=O)(=O)C(C)C)ccc1C(=O)N1CCC2(CC1)Oc1ccccc1-c1c2cnn1C. The molecule has 2 aromatic carbocycles. The van der Waals surface area contributed by atoms with Crippen LogP contribution in [-0.2, 0) is 22.5 Å². The number of aromatic nitrogens is 2. The first-order valence-corrected chi connectivity index (χ1v) is 13.1. The number of hydrogen-bond acceptors (Lipinski definition) is 5. The first-order chi connectivity index (χ1) is 16.1. The molecule has 0 aliphatic carbocycles. The summed E-state index contributed by atoms with van der Waals surface area (Å²) in [4.78, 5) is 15.4. The first kappa shape index (κ1) is 22.7. The van der Waals surface area contributed by atoms with Gasteiger partial charge in [0, 0.05) is 49.7 Å². The number of para-hydroxylation sites is 1. The molecule has 0 radical (unpaired) electrons. The minimum absolute atomic E-state index is 0.0801. The lowest BCUT2D eigenvalue weighted by atomic mass is 9.81. The zero-order chi connectivity index (χ0) is 24.3. The summed E-state index contributed by atoms with van der Waals surface area (Å²) >= 11 is 0. The van der Waals surface area contributed by atoms with E-state index in [0.717, 1.165) is 22.6 Å². The summed E-state index contributed by atoms with van der Waals surface area (Å²) in [7, 11) is -1.44. The number of rotatable bonds is 3. The van der Waals surface area contributed by atoms with E-state index in [1.807, 2.05) is 47.1 Å². The van der Waals surface area contributed by atoms with Gasteiger partial charge in [0.05, 0.1) is 22.0 Å². The molecule has 8 heteroatoms. The average molecular weight is 480 g/mol. The lowest BCUT2D eigenvalue weighted by molar-refractivity contribution is -0.00174. The Bertz CT molecular complexity index is 1380. The van der Waals surface area contributed by atoms with Crippen molar-refractivity contribution < 1.29 is 17.9 Å². The van der Waals surface area contributed by atoms with Crippen LogP contribution in [0.4, 0.5) is 0 Å². The van der Waals surface area contributed by atoms with Gasteiger partial charge in [-0.2, -0.15) is 5.10 Å². The van der Waals surface area contributed by atoms with Crippen molar-refractivity contribution in [2.45, 2.75) is 49.4 Å². The van der Waals surface area contributed by atoms with Crippen LogP contribution in [0.5, 0.6) is 5.75 Å². The maximum absolute atomic E-state index is 13.4. The second-order valence-electron chi connectivity index (χ2n) is 9.49. The smallest absolute Gasteiger partial charge is 0.254 e. The van der Waals surface area contributed by atoms with Crippen molar-refractivity contribution >= 4 is 15.7 Å². The number of hydrogen-bond donors (Lipinski definition) is 0. The highest BCUT2D eigenvalue weighted by Crippen LogP contribution is 2.49. The number of amides is 1. The fourth-order valence-electron chi connectivity index (χ4n) is 5.05. The number of aryl methyl sites for hydroxylation is 2. The predicted molar refractivity (Wildman–Crippen MR) is 130 cm³/mol. The highest BCUT2D eigenvalue weighted by atomic mass is 32.2. The van der Waals surface area contributed by atoms with Gasteiger partial charge in [0.25, 0.3) is 5.91 Å². The fraction of sp³-hybridized carbons (Fsp3) is 0.385. The molecule has 178 valence electrons. The molecule has 1 aromatic heterocycles. The van der Waals surface area contributed by atoms with Gasteiger partial charge in [0.15, 0.2) is 9.84 Å². The highest BCUT2D eigenvalue weighted by Gasteiger charge is 2.46. The minimum atomic E-state index is -3.39. The molecule has 5 rings (SSSR count). The molecule has 0 saturated carbocycles. The zero-order valence-electron chi connectivity index (χ0n) is 19.9. The Morgan fingerprint density at radius 3 is 2.50 bits per heavy atom. The summed E-state index contributed by atoms with van der Waals surface area (Å²) in [5.41, 5.74) is 3.87. The van der Waals surface area contributed by atoms with Crippen molar-refractivity contribution in [2.24, 2.45) is 7.05 Å². The summed E-state index contributed by atoms with van der Waals surface area (Å²) in [5.74, 6) is 0.764. The molecular formula is C26H29N3O4S. The molecule has 2 aliphatic rings.